The van der Waals surface area contributed by atoms with Crippen molar-refractivity contribution in [2.75, 3.05) is 6.54 Å². The first-order chi connectivity index (χ1) is 5.38. The van der Waals surface area contributed by atoms with Crippen molar-refractivity contribution in [3.8, 4) is 0 Å². The fourth-order valence-electron chi connectivity index (χ4n) is 1.80. The van der Waals surface area contributed by atoms with Gasteiger partial charge in [-0.25, -0.2) is 0 Å². The highest BCUT2D eigenvalue weighted by molar-refractivity contribution is 5.16. The van der Waals surface area contributed by atoms with Crippen LogP contribution in [0.5, 0.6) is 0 Å². The lowest BCUT2D eigenvalue weighted by atomic mass is 9.96. The molecule has 0 bridgehead atoms. The van der Waals surface area contributed by atoms with E-state index in [0.717, 1.165) is 6.54 Å². The van der Waals surface area contributed by atoms with Gasteiger partial charge in [0.1, 0.15) is 0 Å². The van der Waals surface area contributed by atoms with Crippen molar-refractivity contribution in [1.82, 2.24) is 5.32 Å². The topological polar surface area (TPSA) is 25.2 Å². The van der Waals surface area contributed by atoms with Crippen LogP contribution in [0, 0.1) is 0 Å². The molecule has 2 rings (SSSR count). The van der Waals surface area contributed by atoms with Crippen molar-refractivity contribution >= 4 is 0 Å². The highest BCUT2D eigenvalue weighted by Crippen LogP contribution is 2.27. The lowest BCUT2D eigenvalue weighted by Crippen LogP contribution is -2.21. The van der Waals surface area contributed by atoms with E-state index in [1.54, 1.807) is 6.26 Å². The molecule has 2 nitrogen and oxygen atoms in total. The molecule has 2 heteroatoms. The van der Waals surface area contributed by atoms with E-state index in [-0.39, 0.29) is 0 Å². The molecule has 0 amide bonds. The van der Waals surface area contributed by atoms with Crippen molar-refractivity contribution in [3.63, 3.8) is 0 Å². The van der Waals surface area contributed by atoms with E-state index in [9.17, 15) is 0 Å². The van der Waals surface area contributed by atoms with Crippen LogP contribution < -0.4 is 5.32 Å². The maximum Gasteiger partial charge on any atom is 0.0937 e. The summed E-state index contributed by atoms with van der Waals surface area (Å²) < 4.78 is 5.05. The van der Waals surface area contributed by atoms with E-state index in [4.69, 9.17) is 4.42 Å². The Labute approximate surface area is 66.6 Å². The predicted molar refractivity (Wildman–Crippen MR) is 43.5 cm³/mol. The van der Waals surface area contributed by atoms with E-state index >= 15 is 0 Å². The Hall–Kier alpha value is -0.760. The molecule has 1 fully saturated rings. The average Bonchev–Trinajstić information content (AvgIpc) is 2.55. The zero-order chi connectivity index (χ0) is 7.68. The zero-order valence-corrected chi connectivity index (χ0v) is 6.71. The van der Waals surface area contributed by atoms with Gasteiger partial charge in [0.25, 0.3) is 0 Å². The third-order valence-electron chi connectivity index (χ3n) is 2.50. The summed E-state index contributed by atoms with van der Waals surface area (Å²) in [6.07, 6.45) is 4.84. The van der Waals surface area contributed by atoms with E-state index in [2.05, 4.69) is 18.3 Å². The third-order valence-corrected chi connectivity index (χ3v) is 2.50. The number of furan rings is 1. The van der Waals surface area contributed by atoms with Crippen molar-refractivity contribution in [2.45, 2.75) is 25.3 Å². The number of hydrogen-bond donors (Lipinski definition) is 1. The Morgan fingerprint density at radius 1 is 1.64 bits per heavy atom. The molecule has 1 aliphatic rings. The lowest BCUT2D eigenvalue weighted by Gasteiger charge is -2.11. The molecule has 0 spiro atoms. The van der Waals surface area contributed by atoms with Gasteiger partial charge in [-0.2, -0.15) is 0 Å². The fraction of sp³-hybridized carbons (Fsp3) is 0.556. The molecule has 2 atom stereocenters. The molecule has 11 heavy (non-hydrogen) atoms. The second-order valence-corrected chi connectivity index (χ2v) is 3.19. The summed E-state index contributed by atoms with van der Waals surface area (Å²) in [6.45, 7) is 3.36. The SMILES string of the molecule is CC1NCCC1c1ccoc1. The summed E-state index contributed by atoms with van der Waals surface area (Å²) in [5, 5.41) is 3.42. The monoisotopic (exact) mass is 151 g/mol. The summed E-state index contributed by atoms with van der Waals surface area (Å²) in [5.41, 5.74) is 1.34. The Morgan fingerprint density at radius 2 is 2.55 bits per heavy atom. The van der Waals surface area contributed by atoms with Gasteiger partial charge >= 0.3 is 0 Å². The van der Waals surface area contributed by atoms with Crippen LogP contribution in [0.4, 0.5) is 0 Å². The van der Waals surface area contributed by atoms with Crippen LogP contribution in [0.1, 0.15) is 24.8 Å². The quantitative estimate of drug-likeness (QED) is 0.661. The van der Waals surface area contributed by atoms with Crippen LogP contribution in [0.15, 0.2) is 23.0 Å². The van der Waals surface area contributed by atoms with E-state index in [0.29, 0.717) is 12.0 Å². The Bertz CT molecular complexity index is 217. The molecule has 0 saturated carbocycles. The molecule has 1 aliphatic heterocycles. The third kappa shape index (κ3) is 1.18. The highest BCUT2D eigenvalue weighted by atomic mass is 16.3. The van der Waals surface area contributed by atoms with Crippen LogP contribution in [-0.4, -0.2) is 12.6 Å². The standard InChI is InChI=1S/C9H13NO/c1-7-9(2-4-10-7)8-3-5-11-6-8/h3,5-7,9-10H,2,4H2,1H3. The molecule has 1 N–H and O–H groups in total. The van der Waals surface area contributed by atoms with Crippen LogP contribution >= 0.6 is 0 Å². The first kappa shape index (κ1) is 6.92. The maximum atomic E-state index is 5.05. The second-order valence-electron chi connectivity index (χ2n) is 3.19. The molecular weight excluding hydrogens is 138 g/mol. The van der Waals surface area contributed by atoms with Gasteiger partial charge in [-0.05, 0) is 31.5 Å². The predicted octanol–water partition coefficient (Wildman–Crippen LogP) is 1.75. The first-order valence-electron chi connectivity index (χ1n) is 4.13. The minimum absolute atomic E-state index is 0.604. The molecule has 1 aromatic heterocycles. The van der Waals surface area contributed by atoms with Gasteiger partial charge in [0.2, 0.25) is 0 Å². The van der Waals surface area contributed by atoms with Gasteiger partial charge in [0.15, 0.2) is 0 Å². The summed E-state index contributed by atoms with van der Waals surface area (Å²) in [7, 11) is 0. The first-order valence-corrected chi connectivity index (χ1v) is 4.13. The summed E-state index contributed by atoms with van der Waals surface area (Å²) >= 11 is 0. The zero-order valence-electron chi connectivity index (χ0n) is 6.71. The largest absolute Gasteiger partial charge is 0.472 e. The molecule has 2 heterocycles. The molecule has 60 valence electrons. The van der Waals surface area contributed by atoms with Crippen molar-refractivity contribution in [2.24, 2.45) is 0 Å². The molecule has 0 radical (unpaired) electrons. The normalized spacial score (nSPS) is 31.0. The van der Waals surface area contributed by atoms with Crippen LogP contribution in [0.3, 0.4) is 0 Å². The van der Waals surface area contributed by atoms with Crippen molar-refractivity contribution in [1.29, 1.82) is 0 Å². The number of rotatable bonds is 1. The Morgan fingerprint density at radius 3 is 3.09 bits per heavy atom. The molecule has 1 aromatic rings. The van der Waals surface area contributed by atoms with Crippen LogP contribution in [0.2, 0.25) is 0 Å². The van der Waals surface area contributed by atoms with Gasteiger partial charge < -0.3 is 9.73 Å². The van der Waals surface area contributed by atoms with E-state index in [1.165, 1.54) is 12.0 Å². The van der Waals surface area contributed by atoms with Crippen LogP contribution in [0.25, 0.3) is 0 Å². The van der Waals surface area contributed by atoms with Gasteiger partial charge in [0.05, 0.1) is 12.5 Å². The Kier molecular flexibility index (Phi) is 1.70. The lowest BCUT2D eigenvalue weighted by molar-refractivity contribution is 0.547. The van der Waals surface area contributed by atoms with Crippen molar-refractivity contribution in [3.05, 3.63) is 24.2 Å². The minimum atomic E-state index is 0.604. The summed E-state index contributed by atoms with van der Waals surface area (Å²) in [5.74, 6) is 0.661. The van der Waals surface area contributed by atoms with Crippen LogP contribution in [-0.2, 0) is 0 Å². The fourth-order valence-corrected chi connectivity index (χ4v) is 1.80. The van der Waals surface area contributed by atoms with E-state index in [1.807, 2.05) is 6.26 Å². The molecular formula is C9H13NO. The van der Waals surface area contributed by atoms with Gasteiger partial charge in [-0.15, -0.1) is 0 Å². The van der Waals surface area contributed by atoms with Gasteiger partial charge in [-0.3, -0.25) is 0 Å². The number of hydrogen-bond acceptors (Lipinski definition) is 2. The van der Waals surface area contributed by atoms with Gasteiger partial charge in [0, 0.05) is 12.0 Å². The molecule has 0 aromatic carbocycles. The van der Waals surface area contributed by atoms with Crippen molar-refractivity contribution < 1.29 is 4.42 Å². The summed E-state index contributed by atoms with van der Waals surface area (Å²) in [4.78, 5) is 0. The molecule has 1 saturated heterocycles. The average molecular weight is 151 g/mol. The smallest absolute Gasteiger partial charge is 0.0937 e. The second kappa shape index (κ2) is 2.70. The maximum absolute atomic E-state index is 5.05. The molecule has 0 aliphatic carbocycles. The highest BCUT2D eigenvalue weighted by Gasteiger charge is 2.24. The van der Waals surface area contributed by atoms with Gasteiger partial charge in [-0.1, -0.05) is 0 Å². The Balaban J connectivity index is 2.16. The molecule has 2 unspecified atom stereocenters. The summed E-state index contributed by atoms with van der Waals surface area (Å²) in [6, 6.07) is 2.67. The van der Waals surface area contributed by atoms with E-state index < -0.39 is 0 Å². The minimum Gasteiger partial charge on any atom is -0.472 e. The number of nitrogens with one attached hydrogen (secondary N) is 1.